The molecule has 0 bridgehead atoms. The number of anilines is 2. The molecule has 2 N–H and O–H groups in total. The molecule has 168 valence electrons. The van der Waals surface area contributed by atoms with Gasteiger partial charge >= 0.3 is 5.97 Å². The zero-order chi connectivity index (χ0) is 23.5. The third kappa shape index (κ3) is 7.97. The van der Waals surface area contributed by atoms with Gasteiger partial charge in [0, 0.05) is 22.3 Å². The normalized spacial score (nSPS) is 10.6. The molecule has 0 saturated heterocycles. The fourth-order valence-corrected chi connectivity index (χ4v) is 3.59. The SMILES string of the molecule is CCOC(=O)c1ccc(NC(=O)CSc2cccc(NC(=O)/C=C/c3ccccc3)c2)cc1. The number of nitrogens with one attached hydrogen (secondary N) is 2. The molecule has 0 atom stereocenters. The summed E-state index contributed by atoms with van der Waals surface area (Å²) < 4.78 is 4.94. The van der Waals surface area contributed by atoms with E-state index < -0.39 is 5.97 Å². The summed E-state index contributed by atoms with van der Waals surface area (Å²) in [5.41, 5.74) is 2.62. The van der Waals surface area contributed by atoms with Gasteiger partial charge in [0.25, 0.3) is 0 Å². The standard InChI is InChI=1S/C26H24N2O4S/c1-2-32-26(31)20-12-14-21(15-13-20)27-25(30)18-33-23-10-6-9-22(17-23)28-24(29)16-11-19-7-4-3-5-8-19/h3-17H,2,18H2,1H3,(H,27,30)(H,28,29)/b16-11+. The lowest BCUT2D eigenvalue weighted by atomic mass is 10.2. The molecule has 2 amide bonds. The van der Waals surface area contributed by atoms with Crippen LogP contribution in [0.15, 0.2) is 89.8 Å². The molecular weight excluding hydrogens is 436 g/mol. The molecule has 0 heterocycles. The molecule has 0 aliphatic heterocycles. The molecule has 3 aromatic carbocycles. The third-order valence-corrected chi connectivity index (χ3v) is 5.37. The van der Waals surface area contributed by atoms with Crippen LogP contribution in [0.5, 0.6) is 0 Å². The van der Waals surface area contributed by atoms with Crippen molar-refractivity contribution in [1.29, 1.82) is 0 Å². The van der Waals surface area contributed by atoms with Crippen molar-refractivity contribution >= 4 is 47.0 Å². The van der Waals surface area contributed by atoms with E-state index in [1.54, 1.807) is 43.3 Å². The first-order valence-corrected chi connectivity index (χ1v) is 11.4. The Morgan fingerprint density at radius 1 is 0.879 bits per heavy atom. The summed E-state index contributed by atoms with van der Waals surface area (Å²) >= 11 is 1.36. The number of hydrogen-bond acceptors (Lipinski definition) is 5. The first-order valence-electron chi connectivity index (χ1n) is 10.4. The van der Waals surface area contributed by atoms with Crippen molar-refractivity contribution < 1.29 is 19.1 Å². The zero-order valence-electron chi connectivity index (χ0n) is 18.1. The van der Waals surface area contributed by atoms with Crippen LogP contribution < -0.4 is 10.6 Å². The molecular formula is C26H24N2O4S. The highest BCUT2D eigenvalue weighted by Crippen LogP contribution is 2.22. The maximum Gasteiger partial charge on any atom is 0.338 e. The van der Waals surface area contributed by atoms with E-state index in [0.717, 1.165) is 10.5 Å². The molecule has 6 nitrogen and oxygen atoms in total. The first-order chi connectivity index (χ1) is 16.0. The maximum absolute atomic E-state index is 12.3. The van der Waals surface area contributed by atoms with Gasteiger partial charge in [0.2, 0.25) is 11.8 Å². The lowest BCUT2D eigenvalue weighted by Crippen LogP contribution is -2.14. The van der Waals surface area contributed by atoms with E-state index in [-0.39, 0.29) is 17.6 Å². The van der Waals surface area contributed by atoms with Gasteiger partial charge in [0.15, 0.2) is 0 Å². The van der Waals surface area contributed by atoms with Crippen LogP contribution in [0.1, 0.15) is 22.8 Å². The quantitative estimate of drug-likeness (QED) is 0.259. The van der Waals surface area contributed by atoms with Crippen LogP contribution in [0.2, 0.25) is 0 Å². The van der Waals surface area contributed by atoms with Gasteiger partial charge in [-0.05, 0) is 61.0 Å². The van der Waals surface area contributed by atoms with Crippen LogP contribution in [0, 0.1) is 0 Å². The molecule has 0 fully saturated rings. The van der Waals surface area contributed by atoms with Crippen molar-refractivity contribution in [2.45, 2.75) is 11.8 Å². The van der Waals surface area contributed by atoms with Crippen molar-refractivity contribution in [2.24, 2.45) is 0 Å². The van der Waals surface area contributed by atoms with E-state index in [0.29, 0.717) is 23.5 Å². The van der Waals surface area contributed by atoms with Gasteiger partial charge < -0.3 is 15.4 Å². The first kappa shape index (κ1) is 23.8. The van der Waals surface area contributed by atoms with Crippen molar-refractivity contribution in [2.75, 3.05) is 23.0 Å². The topological polar surface area (TPSA) is 84.5 Å². The van der Waals surface area contributed by atoms with Crippen LogP contribution in [0.4, 0.5) is 11.4 Å². The summed E-state index contributed by atoms with van der Waals surface area (Å²) in [6, 6.07) is 23.4. The Morgan fingerprint density at radius 2 is 1.64 bits per heavy atom. The summed E-state index contributed by atoms with van der Waals surface area (Å²) in [7, 11) is 0. The predicted octanol–water partition coefficient (Wildman–Crippen LogP) is 5.25. The Morgan fingerprint density at radius 3 is 2.36 bits per heavy atom. The molecule has 0 spiro atoms. The minimum Gasteiger partial charge on any atom is -0.462 e. The molecule has 33 heavy (non-hydrogen) atoms. The number of amides is 2. The van der Waals surface area contributed by atoms with E-state index in [1.165, 1.54) is 17.8 Å². The Hall–Kier alpha value is -3.84. The summed E-state index contributed by atoms with van der Waals surface area (Å²) in [5, 5.41) is 5.62. The van der Waals surface area contributed by atoms with Gasteiger partial charge in [-0.15, -0.1) is 11.8 Å². The average molecular weight is 461 g/mol. The minimum absolute atomic E-state index is 0.177. The molecule has 0 aromatic heterocycles. The molecule has 3 rings (SSSR count). The number of ether oxygens (including phenoxy) is 1. The summed E-state index contributed by atoms with van der Waals surface area (Å²) in [6.45, 7) is 2.06. The summed E-state index contributed by atoms with van der Waals surface area (Å²) in [6.07, 6.45) is 3.23. The predicted molar refractivity (Wildman–Crippen MR) is 132 cm³/mol. The number of carbonyl (C=O) groups is 3. The van der Waals surface area contributed by atoms with Crippen molar-refractivity contribution in [3.05, 3.63) is 96.1 Å². The van der Waals surface area contributed by atoms with Crippen LogP contribution in [0.3, 0.4) is 0 Å². The lowest BCUT2D eigenvalue weighted by Gasteiger charge is -2.08. The molecule has 0 unspecified atom stereocenters. The number of hydrogen-bond donors (Lipinski definition) is 2. The number of rotatable bonds is 9. The highest BCUT2D eigenvalue weighted by molar-refractivity contribution is 8.00. The Bertz CT molecular complexity index is 1130. The highest BCUT2D eigenvalue weighted by atomic mass is 32.2. The number of thioether (sulfide) groups is 1. The van der Waals surface area contributed by atoms with Crippen LogP contribution in [0.25, 0.3) is 6.08 Å². The monoisotopic (exact) mass is 460 g/mol. The Labute approximate surface area is 197 Å². The second kappa shape index (κ2) is 12.3. The molecule has 0 radical (unpaired) electrons. The van der Waals surface area contributed by atoms with Gasteiger partial charge in [-0.1, -0.05) is 36.4 Å². The van der Waals surface area contributed by atoms with Crippen molar-refractivity contribution in [3.8, 4) is 0 Å². The fourth-order valence-electron chi connectivity index (χ4n) is 2.83. The molecule has 0 aliphatic rings. The summed E-state index contributed by atoms with van der Waals surface area (Å²) in [4.78, 5) is 37.0. The second-order valence-electron chi connectivity index (χ2n) is 6.90. The van der Waals surface area contributed by atoms with Gasteiger partial charge in [0.05, 0.1) is 17.9 Å². The Kier molecular flexibility index (Phi) is 8.85. The maximum atomic E-state index is 12.3. The molecule has 0 aliphatic carbocycles. The van der Waals surface area contributed by atoms with Crippen LogP contribution in [-0.2, 0) is 14.3 Å². The third-order valence-electron chi connectivity index (χ3n) is 4.38. The summed E-state index contributed by atoms with van der Waals surface area (Å²) in [5.74, 6) is -0.604. The second-order valence-corrected chi connectivity index (χ2v) is 7.94. The van der Waals surface area contributed by atoms with Gasteiger partial charge in [-0.3, -0.25) is 9.59 Å². The van der Waals surface area contributed by atoms with Crippen molar-refractivity contribution in [1.82, 2.24) is 0 Å². The van der Waals surface area contributed by atoms with Gasteiger partial charge in [-0.25, -0.2) is 4.79 Å². The Balaban J connectivity index is 1.49. The molecule has 0 saturated carbocycles. The van der Waals surface area contributed by atoms with Crippen LogP contribution in [-0.4, -0.2) is 30.1 Å². The smallest absolute Gasteiger partial charge is 0.338 e. The van der Waals surface area contributed by atoms with Crippen molar-refractivity contribution in [3.63, 3.8) is 0 Å². The van der Waals surface area contributed by atoms with E-state index in [4.69, 9.17) is 4.74 Å². The number of esters is 1. The van der Waals surface area contributed by atoms with Gasteiger partial charge in [0.1, 0.15) is 0 Å². The molecule has 7 heteroatoms. The van der Waals surface area contributed by atoms with E-state index >= 15 is 0 Å². The molecule has 3 aromatic rings. The number of carbonyl (C=O) groups excluding carboxylic acids is 3. The van der Waals surface area contributed by atoms with Crippen LogP contribution >= 0.6 is 11.8 Å². The fraction of sp³-hybridized carbons (Fsp3) is 0.115. The zero-order valence-corrected chi connectivity index (χ0v) is 18.9. The average Bonchev–Trinajstić information content (AvgIpc) is 2.83. The van der Waals surface area contributed by atoms with E-state index in [2.05, 4.69) is 10.6 Å². The minimum atomic E-state index is -0.395. The number of benzene rings is 3. The van der Waals surface area contributed by atoms with E-state index in [9.17, 15) is 14.4 Å². The highest BCUT2D eigenvalue weighted by Gasteiger charge is 2.08. The lowest BCUT2D eigenvalue weighted by molar-refractivity contribution is -0.114. The van der Waals surface area contributed by atoms with E-state index in [1.807, 2.05) is 48.5 Å². The van der Waals surface area contributed by atoms with Gasteiger partial charge in [-0.2, -0.15) is 0 Å². The largest absolute Gasteiger partial charge is 0.462 e.